The lowest BCUT2D eigenvalue weighted by atomic mass is 9.86. The number of aromatic amines is 1. The van der Waals surface area contributed by atoms with E-state index in [4.69, 9.17) is 5.73 Å². The molecule has 6 rings (SSSR count). The number of hydrogen-bond acceptors (Lipinski definition) is 3. The highest BCUT2D eigenvalue weighted by atomic mass is 16.2. The van der Waals surface area contributed by atoms with E-state index in [0.717, 1.165) is 30.2 Å². The second kappa shape index (κ2) is 8.01. The Balaban J connectivity index is 1.36. The molecule has 33 heavy (non-hydrogen) atoms. The number of nitrogens with two attached hydrogens (primary N) is 1. The van der Waals surface area contributed by atoms with Crippen LogP contribution >= 0.6 is 0 Å². The van der Waals surface area contributed by atoms with Gasteiger partial charge in [0.05, 0.1) is 11.1 Å². The normalized spacial score (nSPS) is 18.1. The fourth-order valence-corrected chi connectivity index (χ4v) is 5.40. The lowest BCUT2D eigenvalue weighted by molar-refractivity contribution is 0.0745. The first-order valence-corrected chi connectivity index (χ1v) is 11.6. The fourth-order valence-electron chi connectivity index (χ4n) is 5.40. The second-order valence-electron chi connectivity index (χ2n) is 8.95. The van der Waals surface area contributed by atoms with E-state index in [-0.39, 0.29) is 11.9 Å². The zero-order chi connectivity index (χ0) is 22.4. The first-order chi connectivity index (χ1) is 16.2. The first kappa shape index (κ1) is 19.9. The highest BCUT2D eigenvalue weighted by Crippen LogP contribution is 2.40. The SMILES string of the molecule is NC1Cc2ccccc2C(=C2CCN(C(=O)c3cncc4cc[nH]c34)CC2)c2ccccc21. The summed E-state index contributed by atoms with van der Waals surface area (Å²) in [5, 5.41) is 0.962. The predicted octanol–water partition coefficient (Wildman–Crippen LogP) is 4.86. The summed E-state index contributed by atoms with van der Waals surface area (Å²) in [6.45, 7) is 1.40. The van der Waals surface area contributed by atoms with E-state index >= 15 is 0 Å². The molecule has 164 valence electrons. The number of piperidine rings is 1. The maximum Gasteiger partial charge on any atom is 0.257 e. The summed E-state index contributed by atoms with van der Waals surface area (Å²) < 4.78 is 0. The minimum atomic E-state index is -0.0177. The number of nitrogens with zero attached hydrogens (tertiary/aromatic N) is 2. The van der Waals surface area contributed by atoms with Crippen molar-refractivity contribution in [3.05, 3.63) is 107 Å². The van der Waals surface area contributed by atoms with Crippen molar-refractivity contribution in [2.24, 2.45) is 5.73 Å². The fraction of sp³-hybridized carbons (Fsp3) is 0.214. The Morgan fingerprint density at radius 3 is 2.58 bits per heavy atom. The van der Waals surface area contributed by atoms with Gasteiger partial charge in [0.15, 0.2) is 0 Å². The number of carbonyl (C=O) groups excluding carboxylic acids is 1. The van der Waals surface area contributed by atoms with Gasteiger partial charge >= 0.3 is 0 Å². The van der Waals surface area contributed by atoms with Crippen molar-refractivity contribution in [3.63, 3.8) is 0 Å². The summed E-state index contributed by atoms with van der Waals surface area (Å²) in [4.78, 5) is 22.7. The third-order valence-corrected chi connectivity index (χ3v) is 7.06. The number of rotatable bonds is 1. The van der Waals surface area contributed by atoms with Crippen molar-refractivity contribution >= 4 is 22.4 Å². The van der Waals surface area contributed by atoms with Crippen LogP contribution in [0.5, 0.6) is 0 Å². The lowest BCUT2D eigenvalue weighted by Crippen LogP contribution is -2.36. The van der Waals surface area contributed by atoms with Crippen LogP contribution in [0.15, 0.2) is 78.8 Å². The number of aromatic nitrogens is 2. The zero-order valence-corrected chi connectivity index (χ0v) is 18.4. The van der Waals surface area contributed by atoms with E-state index in [0.29, 0.717) is 18.7 Å². The number of likely N-dealkylation sites (tertiary alicyclic amines) is 1. The quantitative estimate of drug-likeness (QED) is 0.449. The number of H-pyrrole nitrogens is 1. The lowest BCUT2D eigenvalue weighted by Gasteiger charge is -2.31. The van der Waals surface area contributed by atoms with Crippen LogP contribution in [0.25, 0.3) is 16.5 Å². The van der Waals surface area contributed by atoms with Crippen LogP contribution in [0.3, 0.4) is 0 Å². The van der Waals surface area contributed by atoms with Crippen molar-refractivity contribution in [1.82, 2.24) is 14.9 Å². The van der Waals surface area contributed by atoms with E-state index in [9.17, 15) is 4.79 Å². The molecule has 4 aromatic rings. The highest BCUT2D eigenvalue weighted by molar-refractivity contribution is 6.05. The molecule has 3 N–H and O–H groups in total. The minimum absolute atomic E-state index is 0.0177. The van der Waals surface area contributed by atoms with Gasteiger partial charge in [-0.2, -0.15) is 0 Å². The number of fused-ring (bicyclic) bond motifs is 3. The third kappa shape index (κ3) is 3.36. The molecule has 5 heteroatoms. The molecule has 0 bridgehead atoms. The van der Waals surface area contributed by atoms with Gasteiger partial charge in [0, 0.05) is 43.1 Å². The average molecular weight is 435 g/mol. The smallest absolute Gasteiger partial charge is 0.257 e. The Hall–Kier alpha value is -3.70. The van der Waals surface area contributed by atoms with Crippen molar-refractivity contribution < 1.29 is 4.79 Å². The number of hydrogen-bond donors (Lipinski definition) is 2. The third-order valence-electron chi connectivity index (χ3n) is 7.06. The standard InChI is InChI=1S/C28H26N4O/c29-25-15-19-5-1-2-6-21(19)26(23-8-4-3-7-22(23)25)18-10-13-32(14-11-18)28(33)24-17-30-16-20-9-12-31-27(20)24/h1-9,12,16-17,25,31H,10-11,13-15,29H2. The molecule has 0 radical (unpaired) electrons. The van der Waals surface area contributed by atoms with Crippen LogP contribution in [0.2, 0.25) is 0 Å². The summed E-state index contributed by atoms with van der Waals surface area (Å²) in [7, 11) is 0. The van der Waals surface area contributed by atoms with Crippen molar-refractivity contribution in [2.75, 3.05) is 13.1 Å². The molecule has 3 heterocycles. The molecule has 1 amide bonds. The molecule has 2 aromatic carbocycles. The van der Waals surface area contributed by atoms with Crippen LogP contribution in [0.4, 0.5) is 0 Å². The maximum absolute atomic E-state index is 13.3. The van der Waals surface area contributed by atoms with E-state index < -0.39 is 0 Å². The van der Waals surface area contributed by atoms with Crippen LogP contribution in [-0.2, 0) is 6.42 Å². The summed E-state index contributed by atoms with van der Waals surface area (Å²) in [5.41, 5.74) is 15.9. The molecule has 1 atom stereocenters. The number of pyridine rings is 1. The molecular formula is C28H26N4O. The molecule has 1 unspecified atom stereocenters. The number of carbonyl (C=O) groups is 1. The van der Waals surface area contributed by atoms with E-state index in [1.807, 2.05) is 17.2 Å². The van der Waals surface area contributed by atoms with Crippen molar-refractivity contribution in [3.8, 4) is 0 Å². The Morgan fingerprint density at radius 2 is 1.73 bits per heavy atom. The zero-order valence-electron chi connectivity index (χ0n) is 18.4. The summed E-state index contributed by atoms with van der Waals surface area (Å²) in [6.07, 6.45) is 7.86. The van der Waals surface area contributed by atoms with Crippen LogP contribution < -0.4 is 5.73 Å². The van der Waals surface area contributed by atoms with Gasteiger partial charge in [-0.3, -0.25) is 9.78 Å². The first-order valence-electron chi connectivity index (χ1n) is 11.6. The van der Waals surface area contributed by atoms with Crippen LogP contribution in [0.1, 0.15) is 51.5 Å². The van der Waals surface area contributed by atoms with E-state index in [2.05, 4.69) is 58.5 Å². The van der Waals surface area contributed by atoms with E-state index in [1.165, 1.54) is 33.4 Å². The minimum Gasteiger partial charge on any atom is -0.360 e. The summed E-state index contributed by atoms with van der Waals surface area (Å²) in [6, 6.07) is 19.1. The van der Waals surface area contributed by atoms with Gasteiger partial charge < -0.3 is 15.6 Å². The molecule has 0 saturated carbocycles. The molecule has 0 spiro atoms. The van der Waals surface area contributed by atoms with Crippen molar-refractivity contribution in [1.29, 1.82) is 0 Å². The van der Waals surface area contributed by atoms with Gasteiger partial charge in [-0.1, -0.05) is 54.1 Å². The van der Waals surface area contributed by atoms with Crippen molar-refractivity contribution in [2.45, 2.75) is 25.3 Å². The largest absolute Gasteiger partial charge is 0.360 e. The molecule has 2 aliphatic rings. The van der Waals surface area contributed by atoms with Gasteiger partial charge in [0.2, 0.25) is 0 Å². The topological polar surface area (TPSA) is 75.0 Å². The van der Waals surface area contributed by atoms with Crippen LogP contribution in [0, 0.1) is 0 Å². The summed E-state index contributed by atoms with van der Waals surface area (Å²) in [5.74, 6) is 0.0447. The number of amides is 1. The second-order valence-corrected chi connectivity index (χ2v) is 8.95. The van der Waals surface area contributed by atoms with Crippen LogP contribution in [-0.4, -0.2) is 33.9 Å². The van der Waals surface area contributed by atoms with E-state index in [1.54, 1.807) is 12.4 Å². The Kier molecular flexibility index (Phi) is 4.84. The molecule has 1 fully saturated rings. The highest BCUT2D eigenvalue weighted by Gasteiger charge is 2.28. The number of nitrogens with one attached hydrogen (secondary N) is 1. The molecule has 2 aromatic heterocycles. The molecular weight excluding hydrogens is 408 g/mol. The van der Waals surface area contributed by atoms with Gasteiger partial charge in [-0.15, -0.1) is 0 Å². The van der Waals surface area contributed by atoms with Gasteiger partial charge in [0.1, 0.15) is 0 Å². The van der Waals surface area contributed by atoms with Gasteiger partial charge in [0.25, 0.3) is 5.91 Å². The maximum atomic E-state index is 13.3. The molecule has 5 nitrogen and oxygen atoms in total. The average Bonchev–Trinajstić information content (AvgIpc) is 3.30. The van der Waals surface area contributed by atoms with Gasteiger partial charge in [-0.25, -0.2) is 0 Å². The Labute approximate surface area is 193 Å². The summed E-state index contributed by atoms with van der Waals surface area (Å²) >= 11 is 0. The monoisotopic (exact) mass is 434 g/mol. The Bertz CT molecular complexity index is 1390. The molecule has 1 aliphatic heterocycles. The predicted molar refractivity (Wildman–Crippen MR) is 131 cm³/mol. The van der Waals surface area contributed by atoms with Gasteiger partial charge in [-0.05, 0) is 53.2 Å². The molecule has 1 saturated heterocycles. The molecule has 1 aliphatic carbocycles. The Morgan fingerprint density at radius 1 is 0.970 bits per heavy atom. The number of benzene rings is 2.